The fraction of sp³-hybridized carbons (Fsp3) is 0.700. The Kier molecular flexibility index (Phi) is 4.36. The predicted octanol–water partition coefficient (Wildman–Crippen LogP) is 1.40. The van der Waals surface area contributed by atoms with Gasteiger partial charge in [0.1, 0.15) is 0 Å². The Bertz CT molecular complexity index is 186. The molecule has 0 unspecified atom stereocenters. The highest BCUT2D eigenvalue weighted by molar-refractivity contribution is 5.75. The zero-order chi connectivity index (χ0) is 9.52. The Balaban J connectivity index is 2.18. The fourth-order valence-electron chi connectivity index (χ4n) is 1.74. The molecule has 13 heavy (non-hydrogen) atoms. The second kappa shape index (κ2) is 5.62. The number of guanidine groups is 1. The zero-order valence-electron chi connectivity index (χ0n) is 8.08. The van der Waals surface area contributed by atoms with E-state index in [1.54, 1.807) is 0 Å². The van der Waals surface area contributed by atoms with Crippen molar-refractivity contribution in [2.75, 3.05) is 6.54 Å². The monoisotopic (exact) mass is 181 g/mol. The van der Waals surface area contributed by atoms with E-state index in [0.29, 0.717) is 6.54 Å². The first-order valence-electron chi connectivity index (χ1n) is 5.01. The van der Waals surface area contributed by atoms with Crippen molar-refractivity contribution in [3.63, 3.8) is 0 Å². The molecule has 0 aliphatic heterocycles. The molecule has 74 valence electrons. The molecule has 1 fully saturated rings. The molecular weight excluding hydrogens is 162 g/mol. The molecule has 0 radical (unpaired) electrons. The normalized spacial score (nSPS) is 19.1. The number of hydrogen-bond donors (Lipinski definition) is 2. The minimum atomic E-state index is 0.174. The van der Waals surface area contributed by atoms with Gasteiger partial charge in [0, 0.05) is 0 Å². The average molecular weight is 181 g/mol. The van der Waals surface area contributed by atoms with Crippen LogP contribution >= 0.6 is 0 Å². The second-order valence-corrected chi connectivity index (χ2v) is 3.59. The van der Waals surface area contributed by atoms with Gasteiger partial charge in [-0.3, -0.25) is 0 Å². The van der Waals surface area contributed by atoms with E-state index in [0.717, 1.165) is 5.92 Å². The fourth-order valence-corrected chi connectivity index (χ4v) is 1.74. The van der Waals surface area contributed by atoms with Crippen LogP contribution in [-0.4, -0.2) is 12.5 Å². The lowest BCUT2D eigenvalue weighted by Crippen LogP contribution is -2.22. The topological polar surface area (TPSA) is 64.4 Å². The molecule has 1 aliphatic rings. The molecule has 1 rings (SSSR count). The Morgan fingerprint density at radius 1 is 1.23 bits per heavy atom. The minimum absolute atomic E-state index is 0.174. The standard InChI is InChI=1S/C10H19N3/c11-10(12)13-8-4-7-9-5-2-1-3-6-9/h4,7,9H,1-3,5-6,8H2,(H4,11,12,13)/b7-4-. The third-order valence-corrected chi connectivity index (χ3v) is 2.44. The number of hydrogen-bond acceptors (Lipinski definition) is 1. The van der Waals surface area contributed by atoms with Crippen molar-refractivity contribution in [2.24, 2.45) is 22.4 Å². The van der Waals surface area contributed by atoms with Crippen LogP contribution in [0.4, 0.5) is 0 Å². The van der Waals surface area contributed by atoms with Crippen LogP contribution in [0.2, 0.25) is 0 Å². The lowest BCUT2D eigenvalue weighted by molar-refractivity contribution is 0.419. The van der Waals surface area contributed by atoms with Gasteiger partial charge in [-0.1, -0.05) is 31.4 Å². The van der Waals surface area contributed by atoms with Gasteiger partial charge >= 0.3 is 0 Å². The number of nitrogens with zero attached hydrogens (tertiary/aromatic N) is 1. The van der Waals surface area contributed by atoms with Gasteiger partial charge in [0.05, 0.1) is 6.54 Å². The molecule has 1 saturated carbocycles. The summed E-state index contributed by atoms with van der Waals surface area (Å²) in [6.45, 7) is 0.624. The third kappa shape index (κ3) is 4.55. The van der Waals surface area contributed by atoms with Gasteiger partial charge in [-0.05, 0) is 18.8 Å². The van der Waals surface area contributed by atoms with Gasteiger partial charge in [0.25, 0.3) is 0 Å². The Labute approximate surface area is 79.9 Å². The number of nitrogens with two attached hydrogens (primary N) is 2. The number of allylic oxidation sites excluding steroid dienone is 1. The molecule has 3 nitrogen and oxygen atoms in total. The molecule has 0 atom stereocenters. The first-order chi connectivity index (χ1) is 6.29. The van der Waals surface area contributed by atoms with E-state index in [-0.39, 0.29) is 5.96 Å². The summed E-state index contributed by atoms with van der Waals surface area (Å²) in [6.07, 6.45) is 11.1. The van der Waals surface area contributed by atoms with E-state index in [4.69, 9.17) is 11.5 Å². The van der Waals surface area contributed by atoms with E-state index in [9.17, 15) is 0 Å². The lowest BCUT2D eigenvalue weighted by Gasteiger charge is -2.17. The summed E-state index contributed by atoms with van der Waals surface area (Å²) < 4.78 is 0. The summed E-state index contributed by atoms with van der Waals surface area (Å²) in [6, 6.07) is 0. The average Bonchev–Trinajstić information content (AvgIpc) is 2.14. The Hall–Kier alpha value is -0.990. The molecule has 0 bridgehead atoms. The van der Waals surface area contributed by atoms with Crippen molar-refractivity contribution in [1.29, 1.82) is 0 Å². The van der Waals surface area contributed by atoms with E-state index < -0.39 is 0 Å². The van der Waals surface area contributed by atoms with Crippen molar-refractivity contribution in [1.82, 2.24) is 0 Å². The highest BCUT2D eigenvalue weighted by Gasteiger charge is 2.08. The molecule has 3 heteroatoms. The van der Waals surface area contributed by atoms with Crippen molar-refractivity contribution in [3.8, 4) is 0 Å². The summed E-state index contributed by atoms with van der Waals surface area (Å²) in [5.41, 5.74) is 10.4. The Morgan fingerprint density at radius 2 is 1.92 bits per heavy atom. The van der Waals surface area contributed by atoms with Crippen LogP contribution in [0.1, 0.15) is 32.1 Å². The maximum atomic E-state index is 5.21. The van der Waals surface area contributed by atoms with Gasteiger partial charge in [-0.25, -0.2) is 4.99 Å². The van der Waals surface area contributed by atoms with Crippen molar-refractivity contribution in [2.45, 2.75) is 32.1 Å². The molecule has 4 N–H and O–H groups in total. The molecule has 1 aliphatic carbocycles. The van der Waals surface area contributed by atoms with Gasteiger partial charge in [-0.15, -0.1) is 0 Å². The highest BCUT2D eigenvalue weighted by Crippen LogP contribution is 2.24. The van der Waals surface area contributed by atoms with Crippen LogP contribution in [0, 0.1) is 5.92 Å². The summed E-state index contributed by atoms with van der Waals surface area (Å²) >= 11 is 0. The van der Waals surface area contributed by atoms with Gasteiger partial charge in [0.2, 0.25) is 0 Å². The van der Waals surface area contributed by atoms with Crippen LogP contribution < -0.4 is 11.5 Å². The molecule has 0 spiro atoms. The number of aliphatic imine (C=N–C) groups is 1. The Morgan fingerprint density at radius 3 is 2.54 bits per heavy atom. The quantitative estimate of drug-likeness (QED) is 0.392. The molecule has 0 aromatic heterocycles. The van der Waals surface area contributed by atoms with Crippen molar-refractivity contribution >= 4 is 5.96 Å². The molecule has 0 saturated heterocycles. The van der Waals surface area contributed by atoms with Crippen molar-refractivity contribution in [3.05, 3.63) is 12.2 Å². The zero-order valence-corrected chi connectivity index (χ0v) is 8.08. The van der Waals surface area contributed by atoms with Crippen LogP contribution in [0.15, 0.2) is 17.1 Å². The van der Waals surface area contributed by atoms with Crippen LogP contribution in [0.3, 0.4) is 0 Å². The van der Waals surface area contributed by atoms with Crippen LogP contribution in [-0.2, 0) is 0 Å². The summed E-state index contributed by atoms with van der Waals surface area (Å²) in [7, 11) is 0. The largest absolute Gasteiger partial charge is 0.370 e. The maximum Gasteiger partial charge on any atom is 0.186 e. The molecule has 0 heterocycles. The van der Waals surface area contributed by atoms with Crippen molar-refractivity contribution < 1.29 is 0 Å². The SMILES string of the molecule is NC(N)=NC/C=C\C1CCCCC1. The first-order valence-corrected chi connectivity index (χ1v) is 5.01. The van der Waals surface area contributed by atoms with E-state index >= 15 is 0 Å². The summed E-state index contributed by atoms with van der Waals surface area (Å²) in [4.78, 5) is 3.89. The second-order valence-electron chi connectivity index (χ2n) is 3.59. The molecule has 0 amide bonds. The number of rotatable bonds is 3. The third-order valence-electron chi connectivity index (χ3n) is 2.44. The smallest absolute Gasteiger partial charge is 0.186 e. The molecular formula is C10H19N3. The van der Waals surface area contributed by atoms with Gasteiger partial charge in [0.15, 0.2) is 5.96 Å². The molecule has 0 aromatic rings. The predicted molar refractivity (Wildman–Crippen MR) is 56.4 cm³/mol. The maximum absolute atomic E-state index is 5.21. The lowest BCUT2D eigenvalue weighted by atomic mass is 9.89. The highest BCUT2D eigenvalue weighted by atomic mass is 15.0. The minimum Gasteiger partial charge on any atom is -0.370 e. The summed E-state index contributed by atoms with van der Waals surface area (Å²) in [5, 5.41) is 0. The van der Waals surface area contributed by atoms with E-state index in [1.807, 2.05) is 0 Å². The van der Waals surface area contributed by atoms with Gasteiger partial charge < -0.3 is 11.5 Å². The first kappa shape index (κ1) is 10.1. The van der Waals surface area contributed by atoms with E-state index in [1.165, 1.54) is 32.1 Å². The van der Waals surface area contributed by atoms with Gasteiger partial charge in [-0.2, -0.15) is 0 Å². The van der Waals surface area contributed by atoms with Crippen LogP contribution in [0.5, 0.6) is 0 Å². The van der Waals surface area contributed by atoms with E-state index in [2.05, 4.69) is 17.1 Å². The molecule has 0 aromatic carbocycles. The van der Waals surface area contributed by atoms with Crippen LogP contribution in [0.25, 0.3) is 0 Å². The summed E-state index contributed by atoms with van der Waals surface area (Å²) in [5.74, 6) is 0.941.